The summed E-state index contributed by atoms with van der Waals surface area (Å²) in [6.45, 7) is 1.54. The lowest BCUT2D eigenvalue weighted by molar-refractivity contribution is -0.124. The maximum atomic E-state index is 12.1. The Labute approximate surface area is 126 Å². The molecule has 2 aliphatic heterocycles. The highest BCUT2D eigenvalue weighted by molar-refractivity contribution is 7.91. The fraction of sp³-hybridized carbons (Fsp3) is 0.923. The summed E-state index contributed by atoms with van der Waals surface area (Å²) in [6.07, 6.45) is 2.44. The van der Waals surface area contributed by atoms with E-state index in [0.29, 0.717) is 13.0 Å². The number of ether oxygens (including phenoxy) is 1. The average Bonchev–Trinajstić information content (AvgIpc) is 2.78. The van der Waals surface area contributed by atoms with Crippen molar-refractivity contribution in [2.45, 2.75) is 37.5 Å². The number of likely N-dealkylation sites (tertiary alicyclic amines) is 1. The van der Waals surface area contributed by atoms with E-state index in [0.717, 1.165) is 19.4 Å². The highest BCUT2D eigenvalue weighted by Gasteiger charge is 2.31. The van der Waals surface area contributed by atoms with Crippen LogP contribution in [0.1, 0.15) is 19.3 Å². The Hall–Kier alpha value is -0.700. The Bertz CT molecular complexity index is 468. The molecule has 1 amide bonds. The second kappa shape index (κ2) is 7.04. The van der Waals surface area contributed by atoms with E-state index in [2.05, 4.69) is 10.2 Å². The van der Waals surface area contributed by atoms with Crippen LogP contribution in [-0.4, -0.2) is 75.7 Å². The molecule has 0 radical (unpaired) electrons. The second-order valence-electron chi connectivity index (χ2n) is 5.91. The van der Waals surface area contributed by atoms with Crippen LogP contribution in [0.25, 0.3) is 0 Å². The lowest BCUT2D eigenvalue weighted by atomic mass is 9.99. The number of rotatable bonds is 5. The van der Waals surface area contributed by atoms with Crippen molar-refractivity contribution in [1.29, 1.82) is 0 Å². The van der Waals surface area contributed by atoms with Gasteiger partial charge in [-0.2, -0.15) is 0 Å². The number of carbonyl (C=O) groups is 1. The summed E-state index contributed by atoms with van der Waals surface area (Å²) in [7, 11) is -1.27. The van der Waals surface area contributed by atoms with Crippen LogP contribution in [0.15, 0.2) is 0 Å². The first-order valence-corrected chi connectivity index (χ1v) is 9.22. The van der Waals surface area contributed by atoms with Crippen molar-refractivity contribution in [2.24, 2.45) is 5.73 Å². The van der Waals surface area contributed by atoms with Gasteiger partial charge in [0.1, 0.15) is 0 Å². The van der Waals surface area contributed by atoms with Gasteiger partial charge in [0.15, 0.2) is 9.84 Å². The molecule has 3 N–H and O–H groups in total. The van der Waals surface area contributed by atoms with Crippen molar-refractivity contribution in [3.05, 3.63) is 0 Å². The fourth-order valence-corrected chi connectivity index (χ4v) is 4.77. The molecule has 0 saturated carbocycles. The minimum Gasteiger partial charge on any atom is -0.381 e. The topological polar surface area (TPSA) is 102 Å². The number of amides is 1. The van der Waals surface area contributed by atoms with Gasteiger partial charge in [0.2, 0.25) is 5.91 Å². The molecule has 2 fully saturated rings. The number of methoxy groups -OCH3 is 1. The van der Waals surface area contributed by atoms with E-state index in [4.69, 9.17) is 10.5 Å². The molecule has 2 aliphatic rings. The van der Waals surface area contributed by atoms with Crippen LogP contribution in [0.4, 0.5) is 0 Å². The standard InChI is InChI=1S/C13H25N3O4S/c1-20-12-2-4-16(11(6-12)7-14)8-13(17)15-10-3-5-21(18,19)9-10/h10-12H,2-9,14H2,1H3,(H,15,17). The Kier molecular flexibility index (Phi) is 5.59. The molecule has 0 spiro atoms. The van der Waals surface area contributed by atoms with E-state index < -0.39 is 9.84 Å². The van der Waals surface area contributed by atoms with Crippen molar-refractivity contribution in [3.8, 4) is 0 Å². The number of sulfone groups is 1. The molecule has 21 heavy (non-hydrogen) atoms. The number of nitrogens with two attached hydrogens (primary N) is 1. The molecule has 0 aliphatic carbocycles. The van der Waals surface area contributed by atoms with Crippen LogP contribution < -0.4 is 11.1 Å². The van der Waals surface area contributed by atoms with Gasteiger partial charge in [-0.05, 0) is 19.3 Å². The van der Waals surface area contributed by atoms with Gasteiger partial charge in [0, 0.05) is 32.3 Å². The zero-order valence-corrected chi connectivity index (χ0v) is 13.3. The normalized spacial score (nSPS) is 33.0. The van der Waals surface area contributed by atoms with Crippen molar-refractivity contribution >= 4 is 15.7 Å². The third-order valence-electron chi connectivity index (χ3n) is 4.34. The smallest absolute Gasteiger partial charge is 0.234 e. The SMILES string of the molecule is COC1CCN(CC(=O)NC2CCS(=O)(=O)C2)C(CN)C1. The molecule has 2 heterocycles. The van der Waals surface area contributed by atoms with Crippen LogP contribution in [0.5, 0.6) is 0 Å². The first-order valence-electron chi connectivity index (χ1n) is 7.40. The molecular formula is C13H25N3O4S. The third kappa shape index (κ3) is 4.64. The zero-order chi connectivity index (χ0) is 15.5. The first-order chi connectivity index (χ1) is 9.93. The second-order valence-corrected chi connectivity index (χ2v) is 8.14. The van der Waals surface area contributed by atoms with E-state index in [9.17, 15) is 13.2 Å². The molecule has 2 saturated heterocycles. The fourth-order valence-electron chi connectivity index (χ4n) is 3.10. The Balaban J connectivity index is 1.82. The van der Waals surface area contributed by atoms with Gasteiger partial charge in [0.25, 0.3) is 0 Å². The molecule has 3 unspecified atom stereocenters. The summed E-state index contributed by atoms with van der Waals surface area (Å²) in [4.78, 5) is 14.1. The highest BCUT2D eigenvalue weighted by Crippen LogP contribution is 2.19. The first kappa shape index (κ1) is 16.7. The van der Waals surface area contributed by atoms with Crippen LogP contribution in [-0.2, 0) is 19.4 Å². The highest BCUT2D eigenvalue weighted by atomic mass is 32.2. The number of piperidine rings is 1. The van der Waals surface area contributed by atoms with E-state index in [-0.39, 0.29) is 42.1 Å². The summed E-state index contributed by atoms with van der Waals surface area (Å²) in [6, 6.07) is -0.0999. The molecule has 0 bridgehead atoms. The zero-order valence-electron chi connectivity index (χ0n) is 12.5. The summed E-state index contributed by atoms with van der Waals surface area (Å²) in [5.41, 5.74) is 5.78. The molecule has 8 heteroatoms. The number of hydrogen-bond acceptors (Lipinski definition) is 6. The summed E-state index contributed by atoms with van der Waals surface area (Å²) in [5, 5.41) is 2.82. The van der Waals surface area contributed by atoms with E-state index in [1.54, 1.807) is 7.11 Å². The third-order valence-corrected chi connectivity index (χ3v) is 6.11. The molecule has 3 atom stereocenters. The van der Waals surface area contributed by atoms with Crippen LogP contribution in [0.3, 0.4) is 0 Å². The van der Waals surface area contributed by atoms with Gasteiger partial charge in [-0.3, -0.25) is 9.69 Å². The minimum absolute atomic E-state index is 0.0603. The van der Waals surface area contributed by atoms with Crippen LogP contribution >= 0.6 is 0 Å². The molecule has 0 aromatic rings. The van der Waals surface area contributed by atoms with Gasteiger partial charge in [-0.15, -0.1) is 0 Å². The molecule has 7 nitrogen and oxygen atoms in total. The molecule has 0 aromatic carbocycles. The van der Waals surface area contributed by atoms with Crippen LogP contribution in [0.2, 0.25) is 0 Å². The Morgan fingerprint density at radius 2 is 2.19 bits per heavy atom. The van der Waals surface area contributed by atoms with Crippen molar-refractivity contribution < 1.29 is 17.9 Å². The number of nitrogens with zero attached hydrogens (tertiary/aromatic N) is 1. The van der Waals surface area contributed by atoms with Crippen LogP contribution in [0, 0.1) is 0 Å². The number of nitrogens with one attached hydrogen (secondary N) is 1. The van der Waals surface area contributed by atoms with Gasteiger partial charge in [-0.25, -0.2) is 8.42 Å². The Morgan fingerprint density at radius 1 is 1.43 bits per heavy atom. The largest absolute Gasteiger partial charge is 0.381 e. The summed E-state index contributed by atoms with van der Waals surface area (Å²) < 4.78 is 28.1. The lowest BCUT2D eigenvalue weighted by Crippen LogP contribution is -2.52. The Morgan fingerprint density at radius 3 is 2.76 bits per heavy atom. The summed E-state index contributed by atoms with van der Waals surface area (Å²) >= 11 is 0. The van der Waals surface area contributed by atoms with Gasteiger partial charge in [-0.1, -0.05) is 0 Å². The quantitative estimate of drug-likeness (QED) is 0.655. The van der Waals surface area contributed by atoms with E-state index in [1.807, 2.05) is 0 Å². The summed E-state index contributed by atoms with van der Waals surface area (Å²) in [5.74, 6) is 0.111. The van der Waals surface area contributed by atoms with Gasteiger partial charge >= 0.3 is 0 Å². The number of carbonyl (C=O) groups excluding carboxylic acids is 1. The van der Waals surface area contributed by atoms with Crippen molar-refractivity contribution in [3.63, 3.8) is 0 Å². The molecule has 0 aromatic heterocycles. The lowest BCUT2D eigenvalue weighted by Gasteiger charge is -2.38. The minimum atomic E-state index is -2.97. The van der Waals surface area contributed by atoms with Gasteiger partial charge < -0.3 is 15.8 Å². The van der Waals surface area contributed by atoms with E-state index >= 15 is 0 Å². The number of hydrogen-bond donors (Lipinski definition) is 2. The van der Waals surface area contributed by atoms with Crippen molar-refractivity contribution in [2.75, 3.05) is 38.2 Å². The maximum absolute atomic E-state index is 12.1. The maximum Gasteiger partial charge on any atom is 0.234 e. The monoisotopic (exact) mass is 319 g/mol. The predicted molar refractivity (Wildman–Crippen MR) is 79.6 cm³/mol. The molecular weight excluding hydrogens is 294 g/mol. The van der Waals surface area contributed by atoms with Gasteiger partial charge in [0.05, 0.1) is 24.2 Å². The predicted octanol–water partition coefficient (Wildman–Crippen LogP) is -1.27. The average molecular weight is 319 g/mol. The van der Waals surface area contributed by atoms with E-state index in [1.165, 1.54) is 0 Å². The molecule has 2 rings (SSSR count). The molecule has 122 valence electrons. The van der Waals surface area contributed by atoms with Crippen molar-refractivity contribution in [1.82, 2.24) is 10.2 Å².